The smallest absolute Gasteiger partial charge is 0.252 e. The Morgan fingerprint density at radius 2 is 0.579 bits per heavy atom. The molecule has 22 rings (SSSR count). The van der Waals surface area contributed by atoms with Crippen LogP contribution in [-0.4, -0.2) is 20.4 Å². The van der Waals surface area contributed by atoms with Crippen molar-refractivity contribution in [3.05, 3.63) is 405 Å². The fourth-order valence-electron chi connectivity index (χ4n) is 19.6. The molecule has 0 radical (unpaired) electrons. The average Bonchev–Trinajstić information content (AvgIpc) is 1.26. The van der Waals surface area contributed by atoms with Crippen molar-refractivity contribution in [2.45, 2.75) is 78.6 Å². The van der Waals surface area contributed by atoms with E-state index in [4.69, 9.17) is 0 Å². The Balaban J connectivity index is 0.890. The maximum atomic E-state index is 2.74. The van der Waals surface area contributed by atoms with Crippen molar-refractivity contribution in [3.63, 3.8) is 0 Å². The van der Waals surface area contributed by atoms with Crippen molar-refractivity contribution in [1.29, 1.82) is 0 Å². The summed E-state index contributed by atoms with van der Waals surface area (Å²) in [5.74, 6) is 0. The lowest BCUT2D eigenvalue weighted by Gasteiger charge is -2.46. The molecule has 0 aliphatic carbocycles. The molecule has 2 aliphatic heterocycles. The molecule has 0 bridgehead atoms. The zero-order valence-corrected chi connectivity index (χ0v) is 69.7. The summed E-state index contributed by atoms with van der Waals surface area (Å²) in [6, 6.07) is 147. The lowest BCUT2D eigenvalue weighted by molar-refractivity contribution is 0.590. The third-order valence-corrected chi connectivity index (χ3v) is 25.6. The summed E-state index contributed by atoms with van der Waals surface area (Å²) >= 11 is 0. The Kier molecular flexibility index (Phi) is 17.0. The predicted molar refractivity (Wildman–Crippen MR) is 516 cm³/mol. The van der Waals surface area contributed by atoms with Gasteiger partial charge in [-0.1, -0.05) is 299 Å². The SMILES string of the molecule is CC(C)(C)c1cc(-c2ccccc2)c(N2c3cc(-n4c5ccc(C(C)(C)C)cc5c5cc(C(C)(C)C)ccc54)ccc3B3c4ccc(N(c5ccccc5)c5ccc(-n6c7ccccc7c7ccccc76)cc5)cc4N(c4cc(-c5ccccc5)cc(-c5ccccc5)c4)c4cc(-n5c6ccccc6c6ccccc65)cc2c43)c(-c2ccccc2)c1. The van der Waals surface area contributed by atoms with Gasteiger partial charge in [0, 0.05) is 100 Å². The molecule has 0 saturated heterocycles. The number of fused-ring (bicyclic) bond motifs is 13. The molecule has 5 heterocycles. The summed E-state index contributed by atoms with van der Waals surface area (Å²) < 4.78 is 7.53. The molecule has 580 valence electrons. The quantitative estimate of drug-likeness (QED) is 0.114. The molecule has 0 amide bonds. The zero-order valence-electron chi connectivity index (χ0n) is 69.7. The van der Waals surface area contributed by atoms with E-state index in [9.17, 15) is 0 Å². The van der Waals surface area contributed by atoms with E-state index < -0.39 is 0 Å². The molecule has 3 aromatic heterocycles. The van der Waals surface area contributed by atoms with Crippen LogP contribution in [0.1, 0.15) is 79.0 Å². The number of nitrogens with zero attached hydrogens (tertiary/aromatic N) is 6. The highest BCUT2D eigenvalue weighted by Crippen LogP contribution is 2.55. The van der Waals surface area contributed by atoms with E-state index in [1.54, 1.807) is 0 Å². The fraction of sp³-hybridized carbons (Fsp3) is 0.105. The molecule has 6 nitrogen and oxygen atoms in total. The maximum Gasteiger partial charge on any atom is 0.252 e. The standard InChI is InChI=1S/C114H91BN6/c1-112(2,3)80-51-61-104-96(66-80)97-67-81(113(4,5)6)52-62-105(97)118(104)87-58-60-99-107(71-87)121(111-94(76-37-19-12-20-38-76)68-82(114(7,8)9)69-95(111)77-39-21-13-22-40-77)109-73-89(119-102-49-31-27-45-92(102)93-46-28-32-50-103(93)119)72-108-110(109)115(99)98-59-57-86(70-106(98)120(108)88-64-78(74-33-15-10-16-34-74)63-79(65-88)75-35-17-11-18-36-75)116(83-41-23-14-24-42-83)84-53-55-85(56-54-84)117-100-47-29-25-43-90(100)91-44-26-30-48-101(91)117/h10-73H,1-9H3. The van der Waals surface area contributed by atoms with E-state index >= 15 is 0 Å². The summed E-state index contributed by atoms with van der Waals surface area (Å²) in [5, 5.41) is 7.35. The Morgan fingerprint density at radius 1 is 0.223 bits per heavy atom. The van der Waals surface area contributed by atoms with Crippen LogP contribution in [0.2, 0.25) is 0 Å². The third kappa shape index (κ3) is 12.1. The van der Waals surface area contributed by atoms with E-state index in [0.717, 1.165) is 124 Å². The van der Waals surface area contributed by atoms with Gasteiger partial charge in [-0.05, 0) is 234 Å². The van der Waals surface area contributed by atoms with Crippen LogP contribution in [-0.2, 0) is 16.2 Å². The second-order valence-electron chi connectivity index (χ2n) is 36.1. The number of benzene rings is 17. The Morgan fingerprint density at radius 3 is 1.04 bits per heavy atom. The summed E-state index contributed by atoms with van der Waals surface area (Å²) in [6.07, 6.45) is 0. The molecule has 0 saturated carbocycles. The molecule has 121 heavy (non-hydrogen) atoms. The fourth-order valence-corrected chi connectivity index (χ4v) is 19.6. The molecule has 0 fully saturated rings. The molecule has 0 N–H and O–H groups in total. The average molecular weight is 1560 g/mol. The lowest BCUT2D eigenvalue weighted by Crippen LogP contribution is -2.61. The highest BCUT2D eigenvalue weighted by Gasteiger charge is 2.46. The van der Waals surface area contributed by atoms with Gasteiger partial charge in [0.15, 0.2) is 0 Å². The van der Waals surface area contributed by atoms with Crippen molar-refractivity contribution in [1.82, 2.24) is 13.7 Å². The van der Waals surface area contributed by atoms with E-state index in [1.807, 2.05) is 0 Å². The molecule has 0 spiro atoms. The predicted octanol–water partition coefficient (Wildman–Crippen LogP) is 29.1. The lowest BCUT2D eigenvalue weighted by atomic mass is 9.33. The van der Waals surface area contributed by atoms with Gasteiger partial charge in [0.1, 0.15) is 0 Å². The second kappa shape index (κ2) is 28.2. The Labute approximate surface area is 708 Å². The van der Waals surface area contributed by atoms with E-state index in [1.165, 1.54) is 87.5 Å². The largest absolute Gasteiger partial charge is 0.311 e. The molecule has 7 heteroatoms. The number of hydrogen-bond donors (Lipinski definition) is 0. The first kappa shape index (κ1) is 73.0. The summed E-state index contributed by atoms with van der Waals surface area (Å²) in [6.45, 7) is 20.8. The van der Waals surface area contributed by atoms with Gasteiger partial charge in [-0.3, -0.25) is 0 Å². The topological polar surface area (TPSA) is 24.5 Å². The minimum atomic E-state index is -0.324. The second-order valence-corrected chi connectivity index (χ2v) is 36.1. The van der Waals surface area contributed by atoms with Gasteiger partial charge in [-0.25, -0.2) is 0 Å². The molecular formula is C114H91BN6. The first-order chi connectivity index (χ1) is 58.9. The van der Waals surface area contributed by atoms with Gasteiger partial charge >= 0.3 is 0 Å². The van der Waals surface area contributed by atoms with Gasteiger partial charge in [-0.15, -0.1) is 0 Å². The van der Waals surface area contributed by atoms with Crippen LogP contribution in [0.4, 0.5) is 51.2 Å². The van der Waals surface area contributed by atoms with Crippen molar-refractivity contribution >= 4 is 140 Å². The molecule has 0 atom stereocenters. The molecule has 2 aliphatic rings. The third-order valence-electron chi connectivity index (χ3n) is 25.6. The summed E-state index contributed by atoms with van der Waals surface area (Å²) in [5.41, 5.74) is 35.8. The minimum Gasteiger partial charge on any atom is -0.311 e. The van der Waals surface area contributed by atoms with Crippen LogP contribution in [0.3, 0.4) is 0 Å². The van der Waals surface area contributed by atoms with Crippen LogP contribution in [0.15, 0.2) is 388 Å². The summed E-state index contributed by atoms with van der Waals surface area (Å²) in [4.78, 5) is 7.85. The Bertz CT molecular complexity index is 7210. The number of rotatable bonds is 12. The molecule has 0 unspecified atom stereocenters. The zero-order chi connectivity index (χ0) is 81.7. The van der Waals surface area contributed by atoms with E-state index in [2.05, 4.69) is 479 Å². The first-order valence-electron chi connectivity index (χ1n) is 42.6. The van der Waals surface area contributed by atoms with Crippen LogP contribution in [0.25, 0.3) is 127 Å². The number of anilines is 9. The van der Waals surface area contributed by atoms with Crippen molar-refractivity contribution in [2.75, 3.05) is 14.7 Å². The number of hydrogen-bond acceptors (Lipinski definition) is 3. The number of para-hydroxylation sites is 5. The van der Waals surface area contributed by atoms with E-state index in [0.29, 0.717) is 0 Å². The monoisotopic (exact) mass is 1550 g/mol. The molecular weight excluding hydrogens is 1460 g/mol. The molecule has 20 aromatic rings. The van der Waals surface area contributed by atoms with E-state index in [-0.39, 0.29) is 23.0 Å². The van der Waals surface area contributed by atoms with Crippen LogP contribution in [0.5, 0.6) is 0 Å². The van der Waals surface area contributed by atoms with Gasteiger partial charge in [-0.2, -0.15) is 0 Å². The van der Waals surface area contributed by atoms with Gasteiger partial charge in [0.2, 0.25) is 0 Å². The summed E-state index contributed by atoms with van der Waals surface area (Å²) in [7, 11) is 0. The normalized spacial score (nSPS) is 12.8. The highest BCUT2D eigenvalue weighted by atomic mass is 15.2. The van der Waals surface area contributed by atoms with Crippen LogP contribution >= 0.6 is 0 Å². The van der Waals surface area contributed by atoms with Gasteiger partial charge < -0.3 is 28.4 Å². The van der Waals surface area contributed by atoms with Crippen molar-refractivity contribution in [2.24, 2.45) is 0 Å². The Hall–Kier alpha value is -14.4. The van der Waals surface area contributed by atoms with Crippen molar-refractivity contribution < 1.29 is 0 Å². The van der Waals surface area contributed by atoms with Crippen LogP contribution < -0.4 is 31.1 Å². The highest BCUT2D eigenvalue weighted by molar-refractivity contribution is 7.00. The molecule has 17 aromatic carbocycles. The van der Waals surface area contributed by atoms with Gasteiger partial charge in [0.05, 0.1) is 44.5 Å². The maximum absolute atomic E-state index is 2.74. The first-order valence-corrected chi connectivity index (χ1v) is 42.6. The van der Waals surface area contributed by atoms with Gasteiger partial charge in [0.25, 0.3) is 6.71 Å². The number of aromatic nitrogens is 3. The van der Waals surface area contributed by atoms with Crippen molar-refractivity contribution in [3.8, 4) is 61.6 Å². The minimum absolute atomic E-state index is 0.0848. The van der Waals surface area contributed by atoms with Crippen LogP contribution in [0, 0.1) is 0 Å².